The molecule has 0 unspecified atom stereocenters. The predicted molar refractivity (Wildman–Crippen MR) is 69.0 cm³/mol. The summed E-state index contributed by atoms with van der Waals surface area (Å²) in [7, 11) is 0. The highest BCUT2D eigenvalue weighted by Crippen LogP contribution is 2.23. The lowest BCUT2D eigenvalue weighted by Crippen LogP contribution is -2.09. The van der Waals surface area contributed by atoms with E-state index in [0.29, 0.717) is 5.75 Å². The van der Waals surface area contributed by atoms with Gasteiger partial charge in [0.2, 0.25) is 0 Å². The van der Waals surface area contributed by atoms with Crippen molar-refractivity contribution < 1.29 is 14.6 Å². The lowest BCUT2D eigenvalue weighted by atomic mass is 10.1. The molecule has 0 aliphatic carbocycles. The number of carbonyl (C=O) groups excluding carboxylic acids is 1. The van der Waals surface area contributed by atoms with Gasteiger partial charge in [-0.25, -0.2) is 4.79 Å². The maximum Gasteiger partial charge on any atom is 0.347 e. The number of hydrogen-bond acceptors (Lipinski definition) is 3. The molecule has 0 saturated heterocycles. The number of benzene rings is 2. The van der Waals surface area contributed by atoms with Crippen molar-refractivity contribution in [3.63, 3.8) is 0 Å². The smallest absolute Gasteiger partial charge is 0.347 e. The number of rotatable bonds is 2. The Hall–Kier alpha value is -2.29. The van der Waals surface area contributed by atoms with E-state index < -0.39 is 5.97 Å². The number of esters is 1. The van der Waals surface area contributed by atoms with Gasteiger partial charge >= 0.3 is 5.97 Å². The summed E-state index contributed by atoms with van der Waals surface area (Å²) in [5.74, 6) is -0.113. The van der Waals surface area contributed by atoms with Crippen LogP contribution in [0, 0.1) is 13.8 Å². The van der Waals surface area contributed by atoms with Gasteiger partial charge in [-0.1, -0.05) is 24.3 Å². The number of aryl methyl sites for hydroxylation is 2. The summed E-state index contributed by atoms with van der Waals surface area (Å²) in [6.45, 7) is 3.80. The molecule has 0 heterocycles. The molecule has 0 spiro atoms. The molecule has 92 valence electrons. The van der Waals surface area contributed by atoms with Crippen molar-refractivity contribution in [1.82, 2.24) is 0 Å². The fraction of sp³-hybridized carbons (Fsp3) is 0.133. The zero-order chi connectivity index (χ0) is 13.1. The highest BCUT2D eigenvalue weighted by atomic mass is 16.5. The van der Waals surface area contributed by atoms with Crippen molar-refractivity contribution in [3.05, 3.63) is 59.2 Å². The second-order valence-corrected chi connectivity index (χ2v) is 4.18. The minimum Gasteiger partial charge on any atom is -0.507 e. The van der Waals surface area contributed by atoms with Crippen LogP contribution in [-0.4, -0.2) is 11.1 Å². The summed E-state index contributed by atoms with van der Waals surface area (Å²) in [6.07, 6.45) is 0. The third kappa shape index (κ3) is 2.51. The van der Waals surface area contributed by atoms with Gasteiger partial charge in [0.25, 0.3) is 0 Å². The molecular weight excluding hydrogens is 228 g/mol. The minimum atomic E-state index is -0.554. The Bertz CT molecular complexity index is 588. The van der Waals surface area contributed by atoms with Crippen molar-refractivity contribution in [2.45, 2.75) is 13.8 Å². The van der Waals surface area contributed by atoms with Crippen molar-refractivity contribution in [2.75, 3.05) is 0 Å². The van der Waals surface area contributed by atoms with Crippen LogP contribution in [0.5, 0.6) is 11.5 Å². The molecule has 1 N–H and O–H groups in total. The molecular formula is C15H14O3. The van der Waals surface area contributed by atoms with Crippen LogP contribution < -0.4 is 4.74 Å². The van der Waals surface area contributed by atoms with E-state index in [1.807, 2.05) is 26.0 Å². The second-order valence-electron chi connectivity index (χ2n) is 4.18. The van der Waals surface area contributed by atoms with Crippen LogP contribution in [0.3, 0.4) is 0 Å². The molecule has 3 heteroatoms. The SMILES string of the molecule is Cc1ccc(C)c(OC(=O)c2ccccc2O)c1. The van der Waals surface area contributed by atoms with Gasteiger partial charge in [-0.15, -0.1) is 0 Å². The molecule has 0 fully saturated rings. The fourth-order valence-corrected chi connectivity index (χ4v) is 1.62. The molecule has 2 aromatic rings. The van der Waals surface area contributed by atoms with Gasteiger partial charge in [-0.2, -0.15) is 0 Å². The molecule has 0 amide bonds. The van der Waals surface area contributed by atoms with Crippen LogP contribution in [0.1, 0.15) is 21.5 Å². The van der Waals surface area contributed by atoms with Gasteiger partial charge in [0.05, 0.1) is 0 Å². The monoisotopic (exact) mass is 242 g/mol. The van der Waals surface area contributed by atoms with Crippen LogP contribution in [0.4, 0.5) is 0 Å². The van der Waals surface area contributed by atoms with E-state index in [9.17, 15) is 9.90 Å². The maximum absolute atomic E-state index is 11.9. The molecule has 0 atom stereocenters. The van der Waals surface area contributed by atoms with Crippen LogP contribution in [0.15, 0.2) is 42.5 Å². The number of hydrogen-bond donors (Lipinski definition) is 1. The van der Waals surface area contributed by atoms with Gasteiger partial charge in [-0.3, -0.25) is 0 Å². The highest BCUT2D eigenvalue weighted by Gasteiger charge is 2.13. The zero-order valence-electron chi connectivity index (χ0n) is 10.3. The predicted octanol–water partition coefficient (Wildman–Crippen LogP) is 3.23. The lowest BCUT2D eigenvalue weighted by Gasteiger charge is -2.09. The Balaban J connectivity index is 2.27. The largest absolute Gasteiger partial charge is 0.507 e. The molecule has 0 bridgehead atoms. The topological polar surface area (TPSA) is 46.5 Å². The Morgan fingerprint density at radius 1 is 1.11 bits per heavy atom. The van der Waals surface area contributed by atoms with E-state index in [-0.39, 0.29) is 11.3 Å². The number of phenols is 1. The Morgan fingerprint density at radius 2 is 1.83 bits per heavy atom. The van der Waals surface area contributed by atoms with Gasteiger partial charge < -0.3 is 9.84 Å². The number of carbonyl (C=O) groups is 1. The van der Waals surface area contributed by atoms with Crippen molar-refractivity contribution in [3.8, 4) is 11.5 Å². The second kappa shape index (κ2) is 4.92. The third-order valence-electron chi connectivity index (χ3n) is 2.67. The summed E-state index contributed by atoms with van der Waals surface area (Å²) in [5.41, 5.74) is 2.06. The Labute approximate surface area is 106 Å². The number of aromatic hydroxyl groups is 1. The Kier molecular flexibility index (Phi) is 3.33. The molecule has 0 aliphatic heterocycles. The number of para-hydroxylation sites is 1. The molecule has 18 heavy (non-hydrogen) atoms. The standard InChI is InChI=1S/C15H14O3/c1-10-7-8-11(2)14(9-10)18-15(17)12-5-3-4-6-13(12)16/h3-9,16H,1-2H3. The van der Waals surface area contributed by atoms with E-state index >= 15 is 0 Å². The molecule has 0 saturated carbocycles. The molecule has 2 aromatic carbocycles. The first-order chi connectivity index (χ1) is 8.58. The van der Waals surface area contributed by atoms with Gasteiger partial charge in [0, 0.05) is 0 Å². The van der Waals surface area contributed by atoms with Crippen molar-refractivity contribution in [1.29, 1.82) is 0 Å². The molecule has 2 rings (SSSR count). The lowest BCUT2D eigenvalue weighted by molar-refractivity contribution is 0.0730. The maximum atomic E-state index is 11.9. The van der Waals surface area contributed by atoms with E-state index in [0.717, 1.165) is 11.1 Å². The minimum absolute atomic E-state index is 0.0761. The van der Waals surface area contributed by atoms with Gasteiger partial charge in [0.15, 0.2) is 0 Å². The quantitative estimate of drug-likeness (QED) is 0.649. The molecule has 3 nitrogen and oxygen atoms in total. The molecule has 0 aromatic heterocycles. The summed E-state index contributed by atoms with van der Waals surface area (Å²) in [5, 5.41) is 9.58. The Morgan fingerprint density at radius 3 is 2.56 bits per heavy atom. The highest BCUT2D eigenvalue weighted by molar-refractivity contribution is 5.93. The van der Waals surface area contributed by atoms with Gasteiger partial charge in [-0.05, 0) is 43.2 Å². The summed E-state index contributed by atoms with van der Waals surface area (Å²) in [4.78, 5) is 11.9. The molecule has 0 radical (unpaired) electrons. The van der Waals surface area contributed by atoms with Crippen LogP contribution in [0.2, 0.25) is 0 Å². The van der Waals surface area contributed by atoms with E-state index in [1.165, 1.54) is 12.1 Å². The van der Waals surface area contributed by atoms with Crippen LogP contribution >= 0.6 is 0 Å². The van der Waals surface area contributed by atoms with E-state index in [2.05, 4.69) is 0 Å². The number of phenolic OH excluding ortho intramolecular Hbond substituents is 1. The van der Waals surface area contributed by atoms with Crippen LogP contribution in [-0.2, 0) is 0 Å². The first-order valence-electron chi connectivity index (χ1n) is 5.65. The van der Waals surface area contributed by atoms with Crippen LogP contribution in [0.25, 0.3) is 0 Å². The van der Waals surface area contributed by atoms with Crippen molar-refractivity contribution >= 4 is 5.97 Å². The zero-order valence-corrected chi connectivity index (χ0v) is 10.3. The van der Waals surface area contributed by atoms with E-state index in [1.54, 1.807) is 18.2 Å². The normalized spacial score (nSPS) is 10.1. The van der Waals surface area contributed by atoms with Gasteiger partial charge in [0.1, 0.15) is 17.1 Å². The first kappa shape index (κ1) is 12.2. The summed E-state index contributed by atoms with van der Waals surface area (Å²) < 4.78 is 5.29. The molecule has 0 aliphatic rings. The number of ether oxygens (including phenoxy) is 1. The fourth-order valence-electron chi connectivity index (χ4n) is 1.62. The van der Waals surface area contributed by atoms with Crippen molar-refractivity contribution in [2.24, 2.45) is 0 Å². The average Bonchev–Trinajstić information content (AvgIpc) is 2.34. The first-order valence-corrected chi connectivity index (χ1v) is 5.65. The third-order valence-corrected chi connectivity index (χ3v) is 2.67. The summed E-state index contributed by atoms with van der Waals surface area (Å²) >= 11 is 0. The summed E-state index contributed by atoms with van der Waals surface area (Å²) in [6, 6.07) is 12.0. The average molecular weight is 242 g/mol. The van der Waals surface area contributed by atoms with E-state index in [4.69, 9.17) is 4.74 Å².